The predicted molar refractivity (Wildman–Crippen MR) is 100 cm³/mol. The van der Waals surface area contributed by atoms with Crippen LogP contribution in [0.25, 0.3) is 10.9 Å². The Morgan fingerprint density at radius 1 is 1.11 bits per heavy atom. The summed E-state index contributed by atoms with van der Waals surface area (Å²) in [6.07, 6.45) is 0.344. The zero-order valence-corrected chi connectivity index (χ0v) is 15.0. The molecular formula is C20H16ClFN2O3. The number of aromatic nitrogens is 1. The lowest BCUT2D eigenvalue weighted by Crippen LogP contribution is -2.30. The van der Waals surface area contributed by atoms with Gasteiger partial charge in [-0.2, -0.15) is 0 Å². The number of nitrogens with one attached hydrogen (secondary N) is 1. The molecule has 0 bridgehead atoms. The maximum atomic E-state index is 13.5. The van der Waals surface area contributed by atoms with E-state index in [0.717, 1.165) is 0 Å². The lowest BCUT2D eigenvalue weighted by molar-refractivity contribution is -0.124. The van der Waals surface area contributed by atoms with Crippen LogP contribution in [0.15, 0.2) is 54.6 Å². The van der Waals surface area contributed by atoms with E-state index in [9.17, 15) is 14.0 Å². The van der Waals surface area contributed by atoms with Gasteiger partial charge in [-0.15, -0.1) is 0 Å². The molecule has 5 nitrogen and oxygen atoms in total. The maximum absolute atomic E-state index is 13.5. The first-order valence-corrected chi connectivity index (χ1v) is 8.65. The van der Waals surface area contributed by atoms with Gasteiger partial charge in [0, 0.05) is 11.9 Å². The molecule has 0 spiro atoms. The third-order valence-corrected chi connectivity index (χ3v) is 4.11. The number of ether oxygens (including phenoxy) is 1. The highest BCUT2D eigenvalue weighted by molar-refractivity contribution is 6.30. The number of nitrogens with zero attached hydrogens (tertiary/aromatic N) is 1. The Kier molecular flexibility index (Phi) is 5.98. The fourth-order valence-corrected chi connectivity index (χ4v) is 2.81. The minimum atomic E-state index is -0.667. The molecule has 0 unspecified atom stereocenters. The Labute approximate surface area is 160 Å². The summed E-state index contributed by atoms with van der Waals surface area (Å²) < 4.78 is 18.6. The van der Waals surface area contributed by atoms with Gasteiger partial charge in [0.1, 0.15) is 11.0 Å². The number of pyridine rings is 1. The van der Waals surface area contributed by atoms with Crippen molar-refractivity contribution < 1.29 is 18.7 Å². The number of carbonyl (C=O) groups excluding carboxylic acids is 2. The van der Waals surface area contributed by atoms with E-state index < -0.39 is 18.5 Å². The molecule has 3 aromatic rings. The number of fused-ring (bicyclic) bond motifs is 1. The Hall–Kier alpha value is -2.99. The molecule has 7 heteroatoms. The van der Waals surface area contributed by atoms with Crippen LogP contribution in [0.1, 0.15) is 15.9 Å². The molecule has 0 aliphatic rings. The van der Waals surface area contributed by atoms with Gasteiger partial charge < -0.3 is 10.1 Å². The molecule has 0 fully saturated rings. The summed E-state index contributed by atoms with van der Waals surface area (Å²) >= 11 is 5.94. The molecule has 0 saturated heterocycles. The zero-order valence-electron chi connectivity index (χ0n) is 14.2. The van der Waals surface area contributed by atoms with Crippen LogP contribution in [-0.2, 0) is 16.0 Å². The average Bonchev–Trinajstić information content (AvgIpc) is 2.67. The van der Waals surface area contributed by atoms with Gasteiger partial charge in [0.05, 0.1) is 11.1 Å². The molecular weight excluding hydrogens is 371 g/mol. The maximum Gasteiger partial charge on any atom is 0.339 e. The summed E-state index contributed by atoms with van der Waals surface area (Å²) in [4.78, 5) is 28.3. The molecule has 1 N–H and O–H groups in total. The molecule has 0 atom stereocenters. The highest BCUT2D eigenvalue weighted by Gasteiger charge is 2.15. The number of rotatable bonds is 6. The largest absolute Gasteiger partial charge is 0.452 e. The number of benzene rings is 2. The first-order chi connectivity index (χ1) is 13.0. The van der Waals surface area contributed by atoms with Crippen LogP contribution >= 0.6 is 11.6 Å². The molecule has 0 aliphatic heterocycles. The van der Waals surface area contributed by atoms with E-state index in [4.69, 9.17) is 16.3 Å². The van der Waals surface area contributed by atoms with Crippen molar-refractivity contribution in [2.24, 2.45) is 0 Å². The molecule has 138 valence electrons. The van der Waals surface area contributed by atoms with Crippen molar-refractivity contribution in [1.29, 1.82) is 0 Å². The number of para-hydroxylation sites is 1. The van der Waals surface area contributed by atoms with E-state index in [0.29, 0.717) is 22.9 Å². The molecule has 1 aromatic heterocycles. The van der Waals surface area contributed by atoms with Crippen LogP contribution < -0.4 is 5.32 Å². The Bertz CT molecular complexity index is 994. The van der Waals surface area contributed by atoms with E-state index in [1.54, 1.807) is 42.5 Å². The smallest absolute Gasteiger partial charge is 0.339 e. The van der Waals surface area contributed by atoms with Crippen LogP contribution in [0.2, 0.25) is 5.15 Å². The SMILES string of the molecule is O=C(COC(=O)c1cc(Cl)nc2ccccc12)NCCc1ccccc1F. The number of esters is 1. The van der Waals surface area contributed by atoms with Crippen molar-refractivity contribution in [3.05, 3.63) is 76.7 Å². The van der Waals surface area contributed by atoms with Gasteiger partial charge in [-0.1, -0.05) is 48.0 Å². The number of carbonyl (C=O) groups is 2. The summed E-state index contributed by atoms with van der Waals surface area (Å²) in [5, 5.41) is 3.34. The third kappa shape index (κ3) is 4.80. The van der Waals surface area contributed by atoms with Crippen molar-refractivity contribution in [2.75, 3.05) is 13.2 Å². The summed E-state index contributed by atoms with van der Waals surface area (Å²) in [5.41, 5.74) is 1.31. The normalized spacial score (nSPS) is 10.6. The van der Waals surface area contributed by atoms with E-state index in [-0.39, 0.29) is 23.1 Å². The molecule has 1 heterocycles. The second-order valence-electron chi connectivity index (χ2n) is 5.78. The Morgan fingerprint density at radius 3 is 2.67 bits per heavy atom. The van der Waals surface area contributed by atoms with Crippen LogP contribution in [0, 0.1) is 5.82 Å². The summed E-state index contributed by atoms with van der Waals surface area (Å²) in [5.74, 6) is -1.46. The van der Waals surface area contributed by atoms with Crippen molar-refractivity contribution in [2.45, 2.75) is 6.42 Å². The quantitative estimate of drug-likeness (QED) is 0.519. The number of hydrogen-bond donors (Lipinski definition) is 1. The van der Waals surface area contributed by atoms with Gasteiger partial charge in [0.25, 0.3) is 5.91 Å². The zero-order chi connectivity index (χ0) is 19.2. The summed E-state index contributed by atoms with van der Waals surface area (Å²) in [6, 6.07) is 14.8. The summed E-state index contributed by atoms with van der Waals surface area (Å²) in [7, 11) is 0. The number of amides is 1. The topological polar surface area (TPSA) is 68.3 Å². The lowest BCUT2D eigenvalue weighted by Gasteiger charge is -2.09. The monoisotopic (exact) mass is 386 g/mol. The predicted octanol–water partition coefficient (Wildman–Crippen LogP) is 3.54. The highest BCUT2D eigenvalue weighted by Crippen LogP contribution is 2.21. The summed E-state index contributed by atoms with van der Waals surface area (Å²) in [6.45, 7) is -0.203. The first kappa shape index (κ1) is 18.8. The van der Waals surface area contributed by atoms with Crippen molar-refractivity contribution in [3.8, 4) is 0 Å². The van der Waals surface area contributed by atoms with E-state index >= 15 is 0 Å². The van der Waals surface area contributed by atoms with Gasteiger partial charge in [-0.3, -0.25) is 4.79 Å². The second kappa shape index (κ2) is 8.60. The molecule has 3 rings (SSSR count). The minimum absolute atomic E-state index is 0.162. The molecule has 1 amide bonds. The number of hydrogen-bond acceptors (Lipinski definition) is 4. The van der Waals surface area contributed by atoms with Crippen molar-refractivity contribution >= 4 is 34.4 Å². The number of halogens is 2. The van der Waals surface area contributed by atoms with E-state index in [2.05, 4.69) is 10.3 Å². The lowest BCUT2D eigenvalue weighted by atomic mass is 10.1. The second-order valence-corrected chi connectivity index (χ2v) is 6.16. The fourth-order valence-electron chi connectivity index (χ4n) is 2.61. The van der Waals surface area contributed by atoms with Gasteiger partial charge in [0.15, 0.2) is 6.61 Å². The molecule has 0 aliphatic carbocycles. The van der Waals surface area contributed by atoms with Crippen molar-refractivity contribution in [1.82, 2.24) is 10.3 Å². The Balaban J connectivity index is 1.55. The van der Waals surface area contributed by atoms with Gasteiger partial charge in [-0.25, -0.2) is 14.2 Å². The van der Waals surface area contributed by atoms with Crippen LogP contribution in [-0.4, -0.2) is 30.0 Å². The molecule has 0 saturated carbocycles. The van der Waals surface area contributed by atoms with Crippen LogP contribution in [0.5, 0.6) is 0 Å². The highest BCUT2D eigenvalue weighted by atomic mass is 35.5. The van der Waals surface area contributed by atoms with E-state index in [1.807, 2.05) is 0 Å². The molecule has 0 radical (unpaired) electrons. The fraction of sp³-hybridized carbons (Fsp3) is 0.150. The van der Waals surface area contributed by atoms with Crippen molar-refractivity contribution in [3.63, 3.8) is 0 Å². The van der Waals surface area contributed by atoms with Gasteiger partial charge in [0.2, 0.25) is 0 Å². The van der Waals surface area contributed by atoms with Crippen LogP contribution in [0.4, 0.5) is 4.39 Å². The van der Waals surface area contributed by atoms with Gasteiger partial charge in [-0.05, 0) is 30.2 Å². The Morgan fingerprint density at radius 2 is 1.85 bits per heavy atom. The standard InChI is InChI=1S/C20H16ClFN2O3/c21-18-11-15(14-6-2-4-8-17(14)24-18)20(26)27-12-19(25)23-10-9-13-5-1-3-7-16(13)22/h1-8,11H,9-10,12H2,(H,23,25). The molecule has 2 aromatic carbocycles. The minimum Gasteiger partial charge on any atom is -0.452 e. The van der Waals surface area contributed by atoms with E-state index in [1.165, 1.54) is 12.1 Å². The van der Waals surface area contributed by atoms with Gasteiger partial charge >= 0.3 is 5.97 Å². The average molecular weight is 387 g/mol. The van der Waals surface area contributed by atoms with Crippen LogP contribution in [0.3, 0.4) is 0 Å². The molecule has 27 heavy (non-hydrogen) atoms. The first-order valence-electron chi connectivity index (χ1n) is 8.27. The third-order valence-electron chi connectivity index (χ3n) is 3.91.